The maximum Gasteiger partial charge on any atom is 0.228 e. The molecule has 3 aromatic rings. The summed E-state index contributed by atoms with van der Waals surface area (Å²) in [6.07, 6.45) is 1.35. The van der Waals surface area contributed by atoms with Crippen molar-refractivity contribution in [1.82, 2.24) is 9.88 Å². The van der Waals surface area contributed by atoms with Crippen LogP contribution in [0, 0.1) is 0 Å². The minimum absolute atomic E-state index is 0. The highest BCUT2D eigenvalue weighted by molar-refractivity contribution is 7.91. The van der Waals surface area contributed by atoms with Gasteiger partial charge in [0.15, 0.2) is 24.8 Å². The van der Waals surface area contributed by atoms with Crippen LogP contribution >= 0.6 is 23.7 Å². The molecule has 0 aliphatic heterocycles. The average molecular weight is 574 g/mol. The third-order valence-corrected chi connectivity index (χ3v) is 9.73. The molecule has 1 amide bonds. The number of thiazole rings is 1. The number of para-hydroxylation sites is 1. The number of halogens is 1. The summed E-state index contributed by atoms with van der Waals surface area (Å²) in [5.74, 6) is -0.370. The summed E-state index contributed by atoms with van der Waals surface area (Å²) < 4.78 is 50.3. The lowest BCUT2D eigenvalue weighted by atomic mass is 10.3. The molecule has 0 N–H and O–H groups in total. The summed E-state index contributed by atoms with van der Waals surface area (Å²) in [4.78, 5) is 21.9. The van der Waals surface area contributed by atoms with E-state index < -0.39 is 19.7 Å². The Balaban J connectivity index is 0.00000456. The van der Waals surface area contributed by atoms with Gasteiger partial charge in [0.25, 0.3) is 0 Å². The molecular formula is C24H32ClN3O5S3. The van der Waals surface area contributed by atoms with Gasteiger partial charge >= 0.3 is 0 Å². The Kier molecular flexibility index (Phi) is 10.9. The van der Waals surface area contributed by atoms with Gasteiger partial charge in [-0.1, -0.05) is 49.4 Å². The molecule has 0 saturated heterocycles. The van der Waals surface area contributed by atoms with Gasteiger partial charge in [0, 0.05) is 25.8 Å². The van der Waals surface area contributed by atoms with E-state index in [2.05, 4.69) is 9.88 Å². The minimum Gasteiger partial charge on any atom is -0.302 e. The minimum atomic E-state index is -3.49. The van der Waals surface area contributed by atoms with Gasteiger partial charge in [0.05, 0.1) is 20.2 Å². The van der Waals surface area contributed by atoms with Crippen LogP contribution in [-0.4, -0.2) is 70.8 Å². The van der Waals surface area contributed by atoms with Crippen LogP contribution < -0.4 is 4.90 Å². The quantitative estimate of drug-likeness (QED) is 0.322. The summed E-state index contributed by atoms with van der Waals surface area (Å²) >= 11 is 1.26. The molecule has 1 heterocycles. The Morgan fingerprint density at radius 2 is 1.61 bits per heavy atom. The number of benzene rings is 2. The number of fused-ring (bicyclic) bond motifs is 1. The number of hydrogen-bond acceptors (Lipinski definition) is 8. The third kappa shape index (κ3) is 7.48. The van der Waals surface area contributed by atoms with Crippen molar-refractivity contribution in [3.8, 4) is 0 Å². The number of hydrogen-bond donors (Lipinski definition) is 0. The topological polar surface area (TPSA) is 105 Å². The van der Waals surface area contributed by atoms with Crippen LogP contribution in [0.25, 0.3) is 10.2 Å². The van der Waals surface area contributed by atoms with E-state index in [-0.39, 0.29) is 46.7 Å². The molecule has 0 unspecified atom stereocenters. The first kappa shape index (κ1) is 30.2. The van der Waals surface area contributed by atoms with Crippen LogP contribution in [0.1, 0.15) is 26.7 Å². The number of carbonyl (C=O) groups excluding carboxylic acids is 1. The molecule has 0 bridgehead atoms. The van der Waals surface area contributed by atoms with E-state index in [4.69, 9.17) is 0 Å². The SMILES string of the molecule is CCN(CC)CCN(C(=O)CCCS(=O)(=O)c1ccccc1)c1nc2c(S(C)(=O)=O)cccc2s1.Cl. The van der Waals surface area contributed by atoms with Crippen LogP contribution in [0.15, 0.2) is 58.3 Å². The summed E-state index contributed by atoms with van der Waals surface area (Å²) in [7, 11) is -6.97. The van der Waals surface area contributed by atoms with Gasteiger partial charge in [-0.15, -0.1) is 12.4 Å². The van der Waals surface area contributed by atoms with E-state index in [9.17, 15) is 21.6 Å². The molecular weight excluding hydrogens is 542 g/mol. The molecule has 1 aromatic heterocycles. The standard InChI is InChI=1S/C24H31N3O5S3.ClH/c1-4-26(5-2)16-17-27(22(28)15-10-18-35(31,32)19-11-7-6-8-12-19)24-25-23-20(33-24)13-9-14-21(23)34(3,29)30;/h6-9,11-14H,4-5,10,15-18H2,1-3H3;1H. The molecule has 0 radical (unpaired) electrons. The van der Waals surface area contributed by atoms with Crippen molar-refractivity contribution < 1.29 is 21.6 Å². The number of anilines is 1. The molecule has 0 atom stereocenters. The lowest BCUT2D eigenvalue weighted by molar-refractivity contribution is -0.118. The van der Waals surface area contributed by atoms with E-state index in [0.717, 1.165) is 19.3 Å². The van der Waals surface area contributed by atoms with Crippen LogP contribution in [0.3, 0.4) is 0 Å². The maximum absolute atomic E-state index is 13.3. The smallest absolute Gasteiger partial charge is 0.228 e. The second kappa shape index (κ2) is 13.0. The summed E-state index contributed by atoms with van der Waals surface area (Å²) in [5, 5.41) is 0.416. The van der Waals surface area contributed by atoms with Crippen LogP contribution in [0.2, 0.25) is 0 Å². The van der Waals surface area contributed by atoms with Crippen molar-refractivity contribution in [1.29, 1.82) is 0 Å². The number of carbonyl (C=O) groups is 1. The number of sulfone groups is 2. The molecule has 0 aliphatic carbocycles. The van der Waals surface area contributed by atoms with Gasteiger partial charge in [-0.25, -0.2) is 21.8 Å². The predicted octanol–water partition coefficient (Wildman–Crippen LogP) is 4.05. The fourth-order valence-corrected chi connectivity index (χ4v) is 6.99. The van der Waals surface area contributed by atoms with Gasteiger partial charge in [-0.2, -0.15) is 0 Å². The van der Waals surface area contributed by atoms with E-state index in [1.807, 2.05) is 13.8 Å². The van der Waals surface area contributed by atoms with Gasteiger partial charge in [0.1, 0.15) is 5.52 Å². The number of aromatic nitrogens is 1. The molecule has 0 aliphatic rings. The van der Waals surface area contributed by atoms with Crippen LogP contribution in [-0.2, 0) is 24.5 Å². The third-order valence-electron chi connectivity index (χ3n) is 5.74. The van der Waals surface area contributed by atoms with E-state index in [1.165, 1.54) is 17.4 Å². The number of likely N-dealkylation sites (N-methyl/N-ethyl adjacent to an activating group) is 1. The first-order chi connectivity index (χ1) is 16.6. The highest BCUT2D eigenvalue weighted by Gasteiger charge is 2.24. The van der Waals surface area contributed by atoms with Crippen molar-refractivity contribution in [2.24, 2.45) is 0 Å². The van der Waals surface area contributed by atoms with E-state index >= 15 is 0 Å². The average Bonchev–Trinajstić information content (AvgIpc) is 3.25. The van der Waals surface area contributed by atoms with Gasteiger partial charge < -0.3 is 4.90 Å². The molecule has 3 rings (SSSR count). The second-order valence-corrected chi connectivity index (χ2v) is 13.3. The Morgan fingerprint density at radius 3 is 2.22 bits per heavy atom. The lowest BCUT2D eigenvalue weighted by Gasteiger charge is -2.24. The van der Waals surface area contributed by atoms with Gasteiger partial charge in [-0.05, 0) is 43.8 Å². The Bertz CT molecular complexity index is 1370. The molecule has 36 heavy (non-hydrogen) atoms. The Morgan fingerprint density at radius 1 is 0.944 bits per heavy atom. The van der Waals surface area contributed by atoms with Crippen molar-refractivity contribution in [3.05, 3.63) is 48.5 Å². The predicted molar refractivity (Wildman–Crippen MR) is 148 cm³/mol. The van der Waals surface area contributed by atoms with Crippen molar-refractivity contribution in [2.45, 2.75) is 36.5 Å². The number of rotatable bonds is 12. The first-order valence-corrected chi connectivity index (χ1v) is 15.8. The molecule has 2 aromatic carbocycles. The summed E-state index contributed by atoms with van der Waals surface area (Å²) in [5.41, 5.74) is 0.349. The maximum atomic E-state index is 13.3. The Hall–Kier alpha value is -2.05. The van der Waals surface area contributed by atoms with E-state index in [1.54, 1.807) is 47.4 Å². The van der Waals surface area contributed by atoms with E-state index in [0.29, 0.717) is 28.4 Å². The van der Waals surface area contributed by atoms with Crippen molar-refractivity contribution in [3.63, 3.8) is 0 Å². The van der Waals surface area contributed by atoms with Crippen LogP contribution in [0.5, 0.6) is 0 Å². The van der Waals surface area contributed by atoms with Gasteiger partial charge in [-0.3, -0.25) is 9.69 Å². The lowest BCUT2D eigenvalue weighted by Crippen LogP contribution is -2.39. The fraction of sp³-hybridized carbons (Fsp3) is 0.417. The van der Waals surface area contributed by atoms with Crippen molar-refractivity contribution >= 4 is 64.7 Å². The highest BCUT2D eigenvalue weighted by Crippen LogP contribution is 2.33. The molecule has 12 heteroatoms. The van der Waals surface area contributed by atoms with Crippen LogP contribution in [0.4, 0.5) is 5.13 Å². The molecule has 0 spiro atoms. The normalized spacial score (nSPS) is 12.0. The Labute approximate surface area is 223 Å². The fourth-order valence-electron chi connectivity index (χ4n) is 3.73. The zero-order chi connectivity index (χ0) is 25.6. The molecule has 0 saturated carbocycles. The van der Waals surface area contributed by atoms with Crippen molar-refractivity contribution in [2.75, 3.05) is 43.1 Å². The molecule has 0 fully saturated rings. The number of amides is 1. The zero-order valence-electron chi connectivity index (χ0n) is 20.6. The molecule has 8 nitrogen and oxygen atoms in total. The second-order valence-electron chi connectivity index (χ2n) is 8.18. The number of nitrogens with zero attached hydrogens (tertiary/aromatic N) is 3. The summed E-state index contributed by atoms with van der Waals surface area (Å²) in [6.45, 7) is 6.73. The molecule has 198 valence electrons. The zero-order valence-corrected chi connectivity index (χ0v) is 23.9. The monoisotopic (exact) mass is 573 g/mol. The van der Waals surface area contributed by atoms with Gasteiger partial charge in [0.2, 0.25) is 5.91 Å². The first-order valence-electron chi connectivity index (χ1n) is 11.5. The largest absolute Gasteiger partial charge is 0.302 e. The summed E-state index contributed by atoms with van der Waals surface area (Å²) in [6, 6.07) is 13.2. The highest BCUT2D eigenvalue weighted by atomic mass is 35.5.